The monoisotopic (exact) mass is 342 g/mol. The molecular formula is C17H27ClN2OS. The molecule has 0 aliphatic heterocycles. The van der Waals surface area contributed by atoms with E-state index in [1.54, 1.807) is 11.8 Å². The van der Waals surface area contributed by atoms with Crippen molar-refractivity contribution in [2.24, 2.45) is 0 Å². The molecule has 3 nitrogen and oxygen atoms in total. The van der Waals surface area contributed by atoms with E-state index in [0.717, 1.165) is 17.0 Å². The van der Waals surface area contributed by atoms with Crippen LogP contribution in [0.4, 0.5) is 0 Å². The molecule has 22 heavy (non-hydrogen) atoms. The highest BCUT2D eigenvalue weighted by Gasteiger charge is 2.12. The topological polar surface area (TPSA) is 41.1 Å². The smallest absolute Gasteiger partial charge is 0.252 e. The summed E-state index contributed by atoms with van der Waals surface area (Å²) in [7, 11) is 0. The summed E-state index contributed by atoms with van der Waals surface area (Å²) in [5.41, 5.74) is 0.777. The predicted molar refractivity (Wildman–Crippen MR) is 97.3 cm³/mol. The van der Waals surface area contributed by atoms with Gasteiger partial charge in [-0.1, -0.05) is 37.8 Å². The molecule has 0 spiro atoms. The third-order valence-corrected chi connectivity index (χ3v) is 4.85. The lowest BCUT2D eigenvalue weighted by molar-refractivity contribution is 0.0950. The molecule has 1 aliphatic rings. The summed E-state index contributed by atoms with van der Waals surface area (Å²) in [5.74, 6) is 0.0302. The number of carbonyl (C=O) groups excluding carboxylic acids is 1. The Labute approximate surface area is 144 Å². The van der Waals surface area contributed by atoms with Gasteiger partial charge < -0.3 is 10.6 Å². The van der Waals surface area contributed by atoms with E-state index in [-0.39, 0.29) is 18.3 Å². The Kier molecular flexibility index (Phi) is 9.60. The first-order valence-electron chi connectivity index (χ1n) is 7.96. The van der Waals surface area contributed by atoms with Gasteiger partial charge in [-0.15, -0.1) is 24.2 Å². The third kappa shape index (κ3) is 6.19. The van der Waals surface area contributed by atoms with Gasteiger partial charge in [-0.25, -0.2) is 0 Å². The standard InChI is InChI=1S/C17H26N2OS.ClH/c1-21-16-11-7-6-10-15(16)17(20)19-13-12-18-14-8-4-2-3-5-9-14;/h6-7,10-11,14,18H,2-5,8-9,12-13H2,1H3,(H,19,20);1H. The number of thioether (sulfide) groups is 1. The van der Waals surface area contributed by atoms with Gasteiger partial charge in [0.05, 0.1) is 5.56 Å². The number of amides is 1. The minimum absolute atomic E-state index is 0. The molecule has 0 saturated heterocycles. The first-order chi connectivity index (χ1) is 10.3. The van der Waals surface area contributed by atoms with Crippen LogP contribution in [0, 0.1) is 0 Å². The van der Waals surface area contributed by atoms with Crippen molar-refractivity contribution < 1.29 is 4.79 Å². The summed E-state index contributed by atoms with van der Waals surface area (Å²) in [6.07, 6.45) is 9.99. The number of carbonyl (C=O) groups is 1. The molecule has 1 saturated carbocycles. The average Bonchev–Trinajstić information content (AvgIpc) is 2.80. The molecule has 0 unspecified atom stereocenters. The van der Waals surface area contributed by atoms with Crippen LogP contribution in [0.2, 0.25) is 0 Å². The molecule has 0 heterocycles. The second-order valence-electron chi connectivity index (χ2n) is 5.60. The maximum absolute atomic E-state index is 12.2. The zero-order chi connectivity index (χ0) is 14.9. The normalized spacial score (nSPS) is 15.7. The summed E-state index contributed by atoms with van der Waals surface area (Å²) in [6, 6.07) is 8.40. The van der Waals surface area contributed by atoms with Crippen molar-refractivity contribution in [3.8, 4) is 0 Å². The molecule has 1 aliphatic carbocycles. The maximum Gasteiger partial charge on any atom is 0.252 e. The quantitative estimate of drug-likeness (QED) is 0.468. The lowest BCUT2D eigenvalue weighted by Crippen LogP contribution is -2.37. The highest BCUT2D eigenvalue weighted by molar-refractivity contribution is 7.98. The predicted octanol–water partition coefficient (Wildman–Crippen LogP) is 3.87. The Morgan fingerprint density at radius 2 is 1.82 bits per heavy atom. The van der Waals surface area contributed by atoms with Gasteiger partial charge in [0.25, 0.3) is 5.91 Å². The highest BCUT2D eigenvalue weighted by atomic mass is 35.5. The van der Waals surface area contributed by atoms with E-state index in [1.807, 2.05) is 30.5 Å². The van der Waals surface area contributed by atoms with Gasteiger partial charge in [0.2, 0.25) is 0 Å². The van der Waals surface area contributed by atoms with Crippen LogP contribution < -0.4 is 10.6 Å². The van der Waals surface area contributed by atoms with E-state index >= 15 is 0 Å². The third-order valence-electron chi connectivity index (χ3n) is 4.05. The summed E-state index contributed by atoms with van der Waals surface area (Å²) in [4.78, 5) is 13.2. The molecule has 0 bridgehead atoms. The van der Waals surface area contributed by atoms with Crippen LogP contribution in [-0.2, 0) is 0 Å². The van der Waals surface area contributed by atoms with Crippen LogP contribution in [0.25, 0.3) is 0 Å². The van der Waals surface area contributed by atoms with Gasteiger partial charge >= 0.3 is 0 Å². The lowest BCUT2D eigenvalue weighted by atomic mass is 10.1. The van der Waals surface area contributed by atoms with Gasteiger partial charge in [0.15, 0.2) is 0 Å². The first-order valence-corrected chi connectivity index (χ1v) is 9.18. The largest absolute Gasteiger partial charge is 0.351 e. The highest BCUT2D eigenvalue weighted by Crippen LogP contribution is 2.19. The molecule has 1 aromatic rings. The summed E-state index contributed by atoms with van der Waals surface area (Å²) in [5, 5.41) is 6.59. The Balaban J connectivity index is 0.00000242. The molecule has 0 radical (unpaired) electrons. The minimum atomic E-state index is 0. The van der Waals surface area contributed by atoms with E-state index in [2.05, 4.69) is 10.6 Å². The Hall–Kier alpha value is -0.710. The van der Waals surface area contributed by atoms with E-state index in [1.165, 1.54) is 38.5 Å². The zero-order valence-corrected chi connectivity index (χ0v) is 14.9. The summed E-state index contributed by atoms with van der Waals surface area (Å²) in [6.45, 7) is 1.55. The number of rotatable bonds is 6. The number of nitrogens with one attached hydrogen (secondary N) is 2. The fourth-order valence-electron chi connectivity index (χ4n) is 2.86. The van der Waals surface area contributed by atoms with Gasteiger partial charge in [-0.05, 0) is 31.2 Å². The van der Waals surface area contributed by atoms with Crippen LogP contribution in [0.1, 0.15) is 48.9 Å². The molecule has 5 heteroatoms. The van der Waals surface area contributed by atoms with Crippen LogP contribution in [0.3, 0.4) is 0 Å². The number of halogens is 1. The Bertz CT molecular complexity index is 448. The van der Waals surface area contributed by atoms with Gasteiger partial charge in [-0.2, -0.15) is 0 Å². The fraction of sp³-hybridized carbons (Fsp3) is 0.588. The van der Waals surface area contributed by atoms with Gasteiger partial charge in [-0.3, -0.25) is 4.79 Å². The molecule has 0 atom stereocenters. The summed E-state index contributed by atoms with van der Waals surface area (Å²) < 4.78 is 0. The van der Waals surface area contributed by atoms with Crippen LogP contribution in [0.5, 0.6) is 0 Å². The Morgan fingerprint density at radius 1 is 1.14 bits per heavy atom. The average molecular weight is 343 g/mol. The number of hydrogen-bond donors (Lipinski definition) is 2. The molecule has 1 amide bonds. The second kappa shape index (κ2) is 10.9. The zero-order valence-electron chi connectivity index (χ0n) is 13.3. The summed E-state index contributed by atoms with van der Waals surface area (Å²) >= 11 is 1.61. The van der Waals surface area contributed by atoms with Crippen LogP contribution in [-0.4, -0.2) is 31.3 Å². The fourth-order valence-corrected chi connectivity index (χ4v) is 3.46. The second-order valence-corrected chi connectivity index (χ2v) is 6.45. The lowest BCUT2D eigenvalue weighted by Gasteiger charge is -2.16. The van der Waals surface area contributed by atoms with Crippen LogP contribution >= 0.6 is 24.2 Å². The molecule has 2 N–H and O–H groups in total. The van der Waals surface area contributed by atoms with Crippen molar-refractivity contribution in [3.05, 3.63) is 29.8 Å². The van der Waals surface area contributed by atoms with E-state index in [9.17, 15) is 4.79 Å². The molecule has 2 rings (SSSR count). The van der Waals surface area contributed by atoms with Gasteiger partial charge in [0.1, 0.15) is 0 Å². The van der Waals surface area contributed by atoms with Crippen molar-refractivity contribution >= 4 is 30.1 Å². The van der Waals surface area contributed by atoms with E-state index in [4.69, 9.17) is 0 Å². The number of benzene rings is 1. The first kappa shape index (κ1) is 19.3. The maximum atomic E-state index is 12.2. The molecular weight excluding hydrogens is 316 g/mol. The van der Waals surface area contributed by atoms with Crippen molar-refractivity contribution in [1.29, 1.82) is 0 Å². The molecule has 1 fully saturated rings. The van der Waals surface area contributed by atoms with E-state index in [0.29, 0.717) is 12.6 Å². The van der Waals surface area contributed by atoms with Crippen molar-refractivity contribution in [2.75, 3.05) is 19.3 Å². The molecule has 124 valence electrons. The van der Waals surface area contributed by atoms with Crippen LogP contribution in [0.15, 0.2) is 29.2 Å². The SMILES string of the molecule is CSc1ccccc1C(=O)NCCNC1CCCCCC1.Cl. The minimum Gasteiger partial charge on any atom is -0.351 e. The van der Waals surface area contributed by atoms with Crippen molar-refractivity contribution in [1.82, 2.24) is 10.6 Å². The molecule has 0 aromatic heterocycles. The van der Waals surface area contributed by atoms with Crippen molar-refractivity contribution in [2.45, 2.75) is 49.5 Å². The molecule has 1 aromatic carbocycles. The Morgan fingerprint density at radius 3 is 2.50 bits per heavy atom. The van der Waals surface area contributed by atoms with Crippen molar-refractivity contribution in [3.63, 3.8) is 0 Å². The number of hydrogen-bond acceptors (Lipinski definition) is 3. The van der Waals surface area contributed by atoms with Gasteiger partial charge in [0, 0.05) is 24.0 Å². The van der Waals surface area contributed by atoms with E-state index < -0.39 is 0 Å².